The van der Waals surface area contributed by atoms with Crippen molar-refractivity contribution in [3.63, 3.8) is 0 Å². The first kappa shape index (κ1) is 14.9. The minimum absolute atomic E-state index is 0.0885. The molecule has 2 atom stereocenters. The molecule has 3 N–H and O–H groups in total. The fraction of sp³-hybridized carbons (Fsp3) is 0.750. The largest absolute Gasteiger partial charge is 0.482 e. The third-order valence-electron chi connectivity index (χ3n) is 2.66. The van der Waals surface area contributed by atoms with Gasteiger partial charge in [0, 0.05) is 6.42 Å². The van der Waals surface area contributed by atoms with E-state index >= 15 is 0 Å². The molecule has 1 rings (SSSR count). The van der Waals surface area contributed by atoms with Crippen LogP contribution in [0.25, 0.3) is 0 Å². The van der Waals surface area contributed by atoms with Gasteiger partial charge in [-0.15, -0.1) is 10.2 Å². The Bertz CT molecular complexity index is 437. The lowest BCUT2D eigenvalue weighted by Crippen LogP contribution is -2.50. The molecular weight excluding hydrogens is 260 g/mol. The molecule has 0 saturated heterocycles. The maximum atomic E-state index is 8.22. The quantitative estimate of drug-likeness (QED) is 0.404. The molecule has 1 heterocycles. The Morgan fingerprint density at radius 1 is 1.16 bits per heavy atom. The van der Waals surface area contributed by atoms with E-state index in [1.165, 1.54) is 7.11 Å². The molecule has 0 fully saturated rings. The van der Waals surface area contributed by atoms with Crippen molar-refractivity contribution in [2.45, 2.75) is 31.3 Å². The summed E-state index contributed by atoms with van der Waals surface area (Å²) in [7, 11) is 1.36. The van der Waals surface area contributed by atoms with Gasteiger partial charge in [0.05, 0.1) is 17.7 Å². The van der Waals surface area contributed by atoms with Gasteiger partial charge in [0.25, 0.3) is 0 Å². The van der Waals surface area contributed by atoms with Crippen LogP contribution in [-0.4, -0.2) is 40.4 Å². The smallest absolute Gasteiger partial charge is 0.220 e. The summed E-state index contributed by atoms with van der Waals surface area (Å²) < 4.78 is 5.04. The summed E-state index contributed by atoms with van der Waals surface area (Å²) >= 11 is 0. The summed E-state index contributed by atoms with van der Waals surface area (Å²) in [6.07, 6.45) is 0.0885. The fourth-order valence-electron chi connectivity index (χ4n) is 1.82. The zero-order valence-electron chi connectivity index (χ0n) is 10.6. The van der Waals surface area contributed by atoms with Crippen LogP contribution < -0.4 is 0 Å². The molecular formula is C8H14N6O5. The summed E-state index contributed by atoms with van der Waals surface area (Å²) in [5.41, 5.74) is -2.32. The molecule has 0 bridgehead atoms. The van der Waals surface area contributed by atoms with Crippen LogP contribution >= 0.6 is 0 Å². The van der Waals surface area contributed by atoms with Crippen molar-refractivity contribution in [1.82, 2.24) is 0 Å². The van der Waals surface area contributed by atoms with Gasteiger partial charge in [-0.2, -0.15) is 15.5 Å². The van der Waals surface area contributed by atoms with Gasteiger partial charge in [-0.25, -0.2) is 9.98 Å². The van der Waals surface area contributed by atoms with Crippen LogP contribution in [0.4, 0.5) is 0 Å². The summed E-state index contributed by atoms with van der Waals surface area (Å²) in [4.78, 5) is 11.0. The molecule has 1 aliphatic heterocycles. The Morgan fingerprint density at radius 3 is 2.16 bits per heavy atom. The van der Waals surface area contributed by atoms with Gasteiger partial charge in [0.15, 0.2) is 11.4 Å². The van der Waals surface area contributed by atoms with Crippen LogP contribution in [-0.2, 0) is 14.7 Å². The summed E-state index contributed by atoms with van der Waals surface area (Å²) in [6, 6.07) is 0. The molecule has 0 aromatic rings. The van der Waals surface area contributed by atoms with E-state index < -0.39 is 11.1 Å². The van der Waals surface area contributed by atoms with E-state index in [1.807, 2.05) is 0 Å². The number of amidine groups is 1. The second-order valence-electron chi connectivity index (χ2n) is 4.22. The number of rotatable bonds is 4. The Kier molecular flexibility index (Phi) is 4.45. The van der Waals surface area contributed by atoms with E-state index in [4.69, 9.17) is 20.7 Å². The molecule has 1 aliphatic rings. The predicted molar refractivity (Wildman–Crippen MR) is 60.7 cm³/mol. The zero-order valence-corrected chi connectivity index (χ0v) is 10.6. The minimum atomic E-state index is -1.20. The van der Waals surface area contributed by atoms with Gasteiger partial charge >= 0.3 is 0 Å². The second-order valence-corrected chi connectivity index (χ2v) is 4.22. The van der Waals surface area contributed by atoms with Crippen LogP contribution in [0.3, 0.4) is 0 Å². The number of methoxy groups -OCH3 is 1. The first-order chi connectivity index (χ1) is 8.91. The third kappa shape index (κ3) is 3.00. The highest BCUT2D eigenvalue weighted by atomic mass is 17.2. The molecule has 0 saturated carbocycles. The molecule has 0 aromatic heterocycles. The highest BCUT2D eigenvalue weighted by Gasteiger charge is 2.48. The monoisotopic (exact) mass is 274 g/mol. The number of nitrogens with zero attached hydrogens (tertiary/aromatic N) is 5. The zero-order chi connectivity index (χ0) is 14.5. The summed E-state index contributed by atoms with van der Waals surface area (Å²) in [6.45, 7) is 3.14. The third-order valence-corrected chi connectivity index (χ3v) is 2.66. The van der Waals surface area contributed by atoms with E-state index in [-0.39, 0.29) is 18.2 Å². The van der Waals surface area contributed by atoms with E-state index in [0.717, 1.165) is 0 Å². The van der Waals surface area contributed by atoms with Crippen molar-refractivity contribution in [3.05, 3.63) is 0 Å². The number of hydrogen-bond acceptors (Lipinski definition) is 10. The lowest BCUT2D eigenvalue weighted by atomic mass is 9.81. The maximum absolute atomic E-state index is 8.22. The average Bonchev–Trinajstić information content (AvgIpc) is 2.38. The van der Waals surface area contributed by atoms with Crippen LogP contribution in [0.2, 0.25) is 0 Å². The van der Waals surface area contributed by atoms with Crippen LogP contribution in [0.5, 0.6) is 0 Å². The van der Waals surface area contributed by atoms with E-state index in [0.29, 0.717) is 0 Å². The Hall–Kier alpha value is -2.14. The van der Waals surface area contributed by atoms with Gasteiger partial charge in [-0.05, 0) is 13.8 Å². The van der Waals surface area contributed by atoms with Crippen molar-refractivity contribution in [2.75, 3.05) is 7.11 Å². The Labute approximate surface area is 107 Å². The van der Waals surface area contributed by atoms with Gasteiger partial charge < -0.3 is 4.74 Å². The molecule has 2 unspecified atom stereocenters. The molecule has 0 aromatic carbocycles. The molecule has 0 spiro atoms. The normalized spacial score (nSPS) is 31.6. The van der Waals surface area contributed by atoms with E-state index in [2.05, 4.69) is 35.8 Å². The lowest BCUT2D eigenvalue weighted by Gasteiger charge is -2.35. The number of aliphatic imine (C=N–C) groups is 1. The first-order valence-electron chi connectivity index (χ1n) is 5.09. The summed E-state index contributed by atoms with van der Waals surface area (Å²) in [5.74, 6) is -0.0429. The molecule has 11 heteroatoms. The van der Waals surface area contributed by atoms with Crippen molar-refractivity contribution in [3.8, 4) is 0 Å². The fourth-order valence-corrected chi connectivity index (χ4v) is 1.82. The molecule has 0 radical (unpaired) electrons. The predicted octanol–water partition coefficient (Wildman–Crippen LogP) is 1.64. The first-order valence-corrected chi connectivity index (χ1v) is 5.09. The number of hydrogen-bond donors (Lipinski definition) is 3. The van der Waals surface area contributed by atoms with E-state index in [9.17, 15) is 0 Å². The van der Waals surface area contributed by atoms with Crippen LogP contribution in [0.15, 0.2) is 25.8 Å². The average molecular weight is 274 g/mol. The van der Waals surface area contributed by atoms with Gasteiger partial charge in [0.1, 0.15) is 5.54 Å². The molecule has 19 heavy (non-hydrogen) atoms. The van der Waals surface area contributed by atoms with Gasteiger partial charge in [0.2, 0.25) is 5.90 Å². The van der Waals surface area contributed by atoms with E-state index in [1.54, 1.807) is 13.8 Å². The molecule has 106 valence electrons. The standard InChI is InChI=1S/C8H14N6O5/c1-7(11-13-18-15)4-8(2,12-14-19-16)6(17-3)10-5(7)9/h9,15-16H,4H2,1-3H3/b9-5?,13-11-,14-12-. The SMILES string of the molecule is COC1=NC(=N)C(C)(/N=N\OO)CC1(C)/N=N\OO. The molecule has 11 nitrogen and oxygen atoms in total. The molecule has 0 amide bonds. The summed E-state index contributed by atoms with van der Waals surface area (Å²) in [5, 5.41) is 37.6. The lowest BCUT2D eigenvalue weighted by molar-refractivity contribution is -0.253. The second kappa shape index (κ2) is 5.67. The molecule has 0 aliphatic carbocycles. The Balaban J connectivity index is 3.19. The van der Waals surface area contributed by atoms with Gasteiger partial charge in [-0.1, -0.05) is 0 Å². The van der Waals surface area contributed by atoms with Crippen LogP contribution in [0.1, 0.15) is 20.3 Å². The Morgan fingerprint density at radius 2 is 1.68 bits per heavy atom. The van der Waals surface area contributed by atoms with Crippen molar-refractivity contribution >= 4 is 11.7 Å². The minimum Gasteiger partial charge on any atom is -0.482 e. The van der Waals surface area contributed by atoms with Crippen molar-refractivity contribution in [1.29, 1.82) is 5.41 Å². The topological polar surface area (TPSA) is 154 Å². The van der Waals surface area contributed by atoms with Crippen LogP contribution in [0, 0.1) is 5.41 Å². The number of ether oxygens (including phenoxy) is 1. The number of nitrogens with one attached hydrogen (secondary N) is 1. The highest BCUT2D eigenvalue weighted by molar-refractivity contribution is 6.04. The maximum Gasteiger partial charge on any atom is 0.220 e. The van der Waals surface area contributed by atoms with Crippen molar-refractivity contribution in [2.24, 2.45) is 25.8 Å². The highest BCUT2D eigenvalue weighted by Crippen LogP contribution is 2.35. The van der Waals surface area contributed by atoms with Gasteiger partial charge in [-0.3, -0.25) is 5.41 Å². The van der Waals surface area contributed by atoms with Crippen molar-refractivity contribution < 1.29 is 25.2 Å².